The largest absolute Gasteiger partial charge is 0.483 e. The van der Waals surface area contributed by atoms with E-state index in [1.165, 1.54) is 19.1 Å². The molecule has 0 saturated carbocycles. The topological polar surface area (TPSA) is 64.6 Å². The molecule has 0 bridgehead atoms. The summed E-state index contributed by atoms with van der Waals surface area (Å²) in [5.74, 6) is 0.100. The van der Waals surface area contributed by atoms with Crippen molar-refractivity contribution in [2.75, 3.05) is 11.9 Å². The molecule has 0 heterocycles. The molecular formula is C22H18FNO4. The predicted octanol–water partition coefficient (Wildman–Crippen LogP) is 4.84. The van der Waals surface area contributed by atoms with Crippen molar-refractivity contribution in [1.29, 1.82) is 0 Å². The lowest BCUT2D eigenvalue weighted by Crippen LogP contribution is -2.20. The molecule has 0 aromatic heterocycles. The molecule has 142 valence electrons. The number of anilines is 1. The molecule has 0 spiro atoms. The van der Waals surface area contributed by atoms with Crippen molar-refractivity contribution < 1.29 is 23.5 Å². The first-order valence-electron chi connectivity index (χ1n) is 8.57. The van der Waals surface area contributed by atoms with Gasteiger partial charge in [-0.25, -0.2) is 4.39 Å². The lowest BCUT2D eigenvalue weighted by molar-refractivity contribution is -0.118. The molecule has 0 aliphatic rings. The van der Waals surface area contributed by atoms with E-state index in [0.29, 0.717) is 17.2 Å². The number of halogens is 1. The Labute approximate surface area is 161 Å². The number of Topliss-reactive ketones (excluding diaryl/α,β-unsaturated/α-hetero) is 1. The van der Waals surface area contributed by atoms with Gasteiger partial charge in [-0.1, -0.05) is 24.3 Å². The van der Waals surface area contributed by atoms with Gasteiger partial charge in [0, 0.05) is 11.8 Å². The quantitative estimate of drug-likeness (QED) is 0.597. The van der Waals surface area contributed by atoms with E-state index in [1.54, 1.807) is 24.3 Å². The molecule has 3 rings (SSSR count). The van der Waals surface area contributed by atoms with Crippen molar-refractivity contribution in [1.82, 2.24) is 0 Å². The highest BCUT2D eigenvalue weighted by Gasteiger charge is 2.12. The molecule has 0 radical (unpaired) electrons. The zero-order chi connectivity index (χ0) is 19.9. The SMILES string of the molecule is CC(=O)c1cc(F)ccc1OCC(=O)Nc1cccc(Oc2ccccc2)c1. The Bertz CT molecular complexity index is 989. The number of rotatable bonds is 7. The van der Waals surface area contributed by atoms with Crippen molar-refractivity contribution in [2.45, 2.75) is 6.92 Å². The van der Waals surface area contributed by atoms with Gasteiger partial charge in [0.15, 0.2) is 12.4 Å². The summed E-state index contributed by atoms with van der Waals surface area (Å²) in [5, 5.41) is 2.70. The maximum absolute atomic E-state index is 13.3. The second kappa shape index (κ2) is 8.81. The minimum Gasteiger partial charge on any atom is -0.483 e. The van der Waals surface area contributed by atoms with Crippen LogP contribution in [0.1, 0.15) is 17.3 Å². The predicted molar refractivity (Wildman–Crippen MR) is 103 cm³/mol. The molecular weight excluding hydrogens is 361 g/mol. The number of hydrogen-bond acceptors (Lipinski definition) is 4. The number of nitrogens with one attached hydrogen (secondary N) is 1. The van der Waals surface area contributed by atoms with Crippen LogP contribution in [0.3, 0.4) is 0 Å². The van der Waals surface area contributed by atoms with E-state index in [4.69, 9.17) is 9.47 Å². The van der Waals surface area contributed by atoms with Crippen LogP contribution in [0.2, 0.25) is 0 Å². The molecule has 0 aliphatic carbocycles. The number of carbonyl (C=O) groups excluding carboxylic acids is 2. The van der Waals surface area contributed by atoms with Gasteiger partial charge in [-0.15, -0.1) is 0 Å². The summed E-state index contributed by atoms with van der Waals surface area (Å²) in [6.45, 7) is 0.982. The van der Waals surface area contributed by atoms with Crippen LogP contribution in [0.5, 0.6) is 17.2 Å². The van der Waals surface area contributed by atoms with Gasteiger partial charge in [-0.05, 0) is 49.4 Å². The smallest absolute Gasteiger partial charge is 0.262 e. The highest BCUT2D eigenvalue weighted by atomic mass is 19.1. The lowest BCUT2D eigenvalue weighted by atomic mass is 10.1. The van der Waals surface area contributed by atoms with Crippen LogP contribution in [0.25, 0.3) is 0 Å². The summed E-state index contributed by atoms with van der Waals surface area (Å²) in [4.78, 5) is 23.7. The number of benzene rings is 3. The van der Waals surface area contributed by atoms with Gasteiger partial charge in [0.1, 0.15) is 23.1 Å². The summed E-state index contributed by atoms with van der Waals surface area (Å²) in [7, 11) is 0. The average Bonchev–Trinajstić information content (AvgIpc) is 2.68. The Balaban J connectivity index is 1.61. The van der Waals surface area contributed by atoms with Crippen LogP contribution in [-0.2, 0) is 4.79 Å². The molecule has 0 aliphatic heterocycles. The normalized spacial score (nSPS) is 10.2. The van der Waals surface area contributed by atoms with Crippen molar-refractivity contribution in [3.05, 3.63) is 84.2 Å². The molecule has 28 heavy (non-hydrogen) atoms. The Kier molecular flexibility index (Phi) is 6.01. The fraction of sp³-hybridized carbons (Fsp3) is 0.0909. The van der Waals surface area contributed by atoms with E-state index >= 15 is 0 Å². The van der Waals surface area contributed by atoms with Crippen molar-refractivity contribution >= 4 is 17.4 Å². The number of amides is 1. The van der Waals surface area contributed by atoms with E-state index in [1.807, 2.05) is 30.3 Å². The Morgan fingerprint density at radius 1 is 0.929 bits per heavy atom. The Hall–Kier alpha value is -3.67. The fourth-order valence-corrected chi connectivity index (χ4v) is 2.51. The Morgan fingerprint density at radius 2 is 1.68 bits per heavy atom. The second-order valence-corrected chi connectivity index (χ2v) is 5.98. The van der Waals surface area contributed by atoms with Crippen LogP contribution in [0, 0.1) is 5.82 Å². The summed E-state index contributed by atoms with van der Waals surface area (Å²) < 4.78 is 24.4. The van der Waals surface area contributed by atoms with Gasteiger partial charge >= 0.3 is 0 Å². The fourth-order valence-electron chi connectivity index (χ4n) is 2.51. The monoisotopic (exact) mass is 379 g/mol. The van der Waals surface area contributed by atoms with Gasteiger partial charge in [-0.2, -0.15) is 0 Å². The molecule has 3 aromatic rings. The van der Waals surface area contributed by atoms with Crippen molar-refractivity contribution in [3.63, 3.8) is 0 Å². The summed E-state index contributed by atoms with van der Waals surface area (Å²) in [6, 6.07) is 19.8. The third-order valence-electron chi connectivity index (χ3n) is 3.78. The van der Waals surface area contributed by atoms with E-state index in [-0.39, 0.29) is 23.7 Å². The third kappa shape index (κ3) is 5.17. The van der Waals surface area contributed by atoms with Gasteiger partial charge in [-0.3, -0.25) is 9.59 Å². The highest BCUT2D eigenvalue weighted by molar-refractivity contribution is 5.97. The van der Waals surface area contributed by atoms with Crippen LogP contribution in [0.4, 0.5) is 10.1 Å². The van der Waals surface area contributed by atoms with Crippen molar-refractivity contribution in [3.8, 4) is 17.2 Å². The first-order chi connectivity index (χ1) is 13.5. The number of para-hydroxylation sites is 1. The highest BCUT2D eigenvalue weighted by Crippen LogP contribution is 2.24. The molecule has 1 N–H and O–H groups in total. The van der Waals surface area contributed by atoms with E-state index in [0.717, 1.165) is 6.07 Å². The van der Waals surface area contributed by atoms with E-state index < -0.39 is 11.7 Å². The number of hydrogen-bond donors (Lipinski definition) is 1. The maximum Gasteiger partial charge on any atom is 0.262 e. The molecule has 6 heteroatoms. The zero-order valence-corrected chi connectivity index (χ0v) is 15.1. The van der Waals surface area contributed by atoms with Gasteiger partial charge in [0.25, 0.3) is 5.91 Å². The molecule has 0 atom stereocenters. The standard InChI is InChI=1S/C22H18FNO4/c1-15(25)20-12-16(23)10-11-21(20)27-14-22(26)24-17-6-5-9-19(13-17)28-18-7-3-2-4-8-18/h2-13H,14H2,1H3,(H,24,26). The summed E-state index contributed by atoms with van der Waals surface area (Å²) in [6.07, 6.45) is 0. The molecule has 1 amide bonds. The van der Waals surface area contributed by atoms with Gasteiger partial charge < -0.3 is 14.8 Å². The first-order valence-corrected chi connectivity index (χ1v) is 8.57. The summed E-state index contributed by atoms with van der Waals surface area (Å²) in [5.41, 5.74) is 0.624. The number of ether oxygens (including phenoxy) is 2. The molecule has 5 nitrogen and oxygen atoms in total. The van der Waals surface area contributed by atoms with Crippen LogP contribution >= 0.6 is 0 Å². The minimum absolute atomic E-state index is 0.0889. The lowest BCUT2D eigenvalue weighted by Gasteiger charge is -2.11. The Morgan fingerprint density at radius 3 is 2.43 bits per heavy atom. The van der Waals surface area contributed by atoms with E-state index in [9.17, 15) is 14.0 Å². The minimum atomic E-state index is -0.544. The van der Waals surface area contributed by atoms with E-state index in [2.05, 4.69) is 5.32 Å². The molecule has 0 unspecified atom stereocenters. The number of ketones is 1. The average molecular weight is 379 g/mol. The molecule has 0 fully saturated rings. The van der Waals surface area contributed by atoms with Crippen LogP contribution < -0.4 is 14.8 Å². The van der Waals surface area contributed by atoms with Crippen molar-refractivity contribution in [2.24, 2.45) is 0 Å². The maximum atomic E-state index is 13.3. The van der Waals surface area contributed by atoms with Crippen LogP contribution in [-0.4, -0.2) is 18.3 Å². The second-order valence-electron chi connectivity index (χ2n) is 5.98. The first kappa shape index (κ1) is 19.1. The molecule has 0 saturated heterocycles. The number of carbonyl (C=O) groups is 2. The zero-order valence-electron chi connectivity index (χ0n) is 15.1. The van der Waals surface area contributed by atoms with Crippen LogP contribution in [0.15, 0.2) is 72.8 Å². The molecule has 3 aromatic carbocycles. The van der Waals surface area contributed by atoms with Gasteiger partial charge in [0.2, 0.25) is 0 Å². The third-order valence-corrected chi connectivity index (χ3v) is 3.78. The van der Waals surface area contributed by atoms with Gasteiger partial charge in [0.05, 0.1) is 5.56 Å². The summed E-state index contributed by atoms with van der Waals surface area (Å²) >= 11 is 0.